The molecule has 0 spiro atoms. The fourth-order valence-corrected chi connectivity index (χ4v) is 1.71. The van der Waals surface area contributed by atoms with Gasteiger partial charge < -0.3 is 0 Å². The molecule has 1 unspecified atom stereocenters. The van der Waals surface area contributed by atoms with Crippen LogP contribution in [0.3, 0.4) is 0 Å². The third-order valence-electron chi connectivity index (χ3n) is 2.54. The monoisotopic (exact) mass is 232 g/mol. The number of hydrazine groups is 1. The summed E-state index contributed by atoms with van der Waals surface area (Å²) in [7, 11) is 0. The molecular formula is C12H13FN4. The molecule has 1 heterocycles. The average Bonchev–Trinajstić information content (AvgIpc) is 2.36. The Morgan fingerprint density at radius 3 is 2.65 bits per heavy atom. The molecule has 17 heavy (non-hydrogen) atoms. The molecule has 1 aromatic carbocycles. The van der Waals surface area contributed by atoms with Crippen LogP contribution in [0.1, 0.15) is 22.7 Å². The normalized spacial score (nSPS) is 12.4. The summed E-state index contributed by atoms with van der Waals surface area (Å²) in [5, 5.41) is 0. The Bertz CT molecular complexity index is 501. The van der Waals surface area contributed by atoms with E-state index in [9.17, 15) is 4.39 Å². The highest BCUT2D eigenvalue weighted by molar-refractivity contribution is 5.32. The van der Waals surface area contributed by atoms with Crippen molar-refractivity contribution < 1.29 is 4.39 Å². The first-order chi connectivity index (χ1) is 8.22. The number of benzene rings is 1. The summed E-state index contributed by atoms with van der Waals surface area (Å²) < 4.78 is 13.8. The van der Waals surface area contributed by atoms with Crippen molar-refractivity contribution in [2.24, 2.45) is 5.84 Å². The quantitative estimate of drug-likeness (QED) is 0.621. The number of halogens is 1. The van der Waals surface area contributed by atoms with Gasteiger partial charge in [-0.2, -0.15) is 0 Å². The second-order valence-electron chi connectivity index (χ2n) is 3.80. The molecule has 0 fully saturated rings. The fourth-order valence-electron chi connectivity index (χ4n) is 1.71. The van der Waals surface area contributed by atoms with Gasteiger partial charge in [0.1, 0.15) is 12.1 Å². The summed E-state index contributed by atoms with van der Waals surface area (Å²) >= 11 is 0. The second-order valence-corrected chi connectivity index (χ2v) is 3.80. The predicted octanol–water partition coefficient (Wildman–Crippen LogP) is 1.48. The third kappa shape index (κ3) is 2.46. The van der Waals surface area contributed by atoms with E-state index in [-0.39, 0.29) is 5.82 Å². The predicted molar refractivity (Wildman–Crippen MR) is 62.3 cm³/mol. The van der Waals surface area contributed by atoms with Gasteiger partial charge in [0.05, 0.1) is 6.04 Å². The molecule has 0 radical (unpaired) electrons. The van der Waals surface area contributed by atoms with E-state index in [1.807, 2.05) is 6.92 Å². The van der Waals surface area contributed by atoms with Crippen LogP contribution in [0.25, 0.3) is 0 Å². The largest absolute Gasteiger partial charge is 0.271 e. The highest BCUT2D eigenvalue weighted by Gasteiger charge is 2.17. The molecule has 1 aromatic heterocycles. The molecule has 0 saturated heterocycles. The lowest BCUT2D eigenvalue weighted by Crippen LogP contribution is -2.29. The molecule has 88 valence electrons. The Hall–Kier alpha value is -1.85. The number of aryl methyl sites for hydroxylation is 1. The summed E-state index contributed by atoms with van der Waals surface area (Å²) in [4.78, 5) is 7.80. The van der Waals surface area contributed by atoms with E-state index >= 15 is 0 Å². The lowest BCUT2D eigenvalue weighted by atomic mass is 9.99. The molecular weight excluding hydrogens is 219 g/mol. The summed E-state index contributed by atoms with van der Waals surface area (Å²) in [5.41, 5.74) is 4.76. The van der Waals surface area contributed by atoms with Crippen molar-refractivity contribution in [3.05, 3.63) is 59.4 Å². The molecule has 5 heteroatoms. The van der Waals surface area contributed by atoms with Gasteiger partial charge in [-0.3, -0.25) is 5.84 Å². The zero-order chi connectivity index (χ0) is 12.3. The maximum atomic E-state index is 13.8. The maximum absolute atomic E-state index is 13.8. The lowest BCUT2D eigenvalue weighted by molar-refractivity contribution is 0.557. The first kappa shape index (κ1) is 11.6. The number of rotatable bonds is 3. The molecule has 2 aromatic rings. The van der Waals surface area contributed by atoms with E-state index in [1.54, 1.807) is 24.5 Å². The molecule has 0 bridgehead atoms. The van der Waals surface area contributed by atoms with E-state index in [0.717, 1.165) is 11.1 Å². The molecule has 0 aliphatic heterocycles. The second kappa shape index (κ2) is 4.99. The Labute approximate surface area is 98.7 Å². The summed E-state index contributed by atoms with van der Waals surface area (Å²) in [6.45, 7) is 1.90. The molecule has 0 amide bonds. The van der Waals surface area contributed by atoms with Crippen LogP contribution in [0.15, 0.2) is 36.9 Å². The smallest absolute Gasteiger partial charge is 0.128 e. The van der Waals surface area contributed by atoms with Crippen molar-refractivity contribution >= 4 is 0 Å². The van der Waals surface area contributed by atoms with E-state index in [1.165, 1.54) is 12.4 Å². The molecule has 4 nitrogen and oxygen atoms in total. The molecule has 2 rings (SSSR count). The highest BCUT2D eigenvalue weighted by atomic mass is 19.1. The van der Waals surface area contributed by atoms with Gasteiger partial charge in [-0.05, 0) is 13.0 Å². The third-order valence-corrected chi connectivity index (χ3v) is 2.54. The standard InChI is InChI=1S/C12H13FN4/c1-8-2-3-11(13)10(4-8)12(17-14)9-5-15-7-16-6-9/h2-7,12,17H,14H2,1H3. The van der Waals surface area contributed by atoms with Gasteiger partial charge in [-0.1, -0.05) is 17.7 Å². The Balaban J connectivity index is 2.46. The number of hydrogen-bond acceptors (Lipinski definition) is 4. The van der Waals surface area contributed by atoms with E-state index in [0.29, 0.717) is 5.56 Å². The molecule has 1 atom stereocenters. The van der Waals surface area contributed by atoms with Crippen LogP contribution in [-0.2, 0) is 0 Å². The molecule has 0 aliphatic rings. The maximum Gasteiger partial charge on any atom is 0.128 e. The number of aromatic nitrogens is 2. The summed E-state index contributed by atoms with van der Waals surface area (Å²) in [6.07, 6.45) is 4.64. The van der Waals surface area contributed by atoms with E-state index in [4.69, 9.17) is 5.84 Å². The first-order valence-electron chi connectivity index (χ1n) is 5.19. The van der Waals surface area contributed by atoms with Gasteiger partial charge in [0.25, 0.3) is 0 Å². The van der Waals surface area contributed by atoms with Crippen molar-refractivity contribution in [2.75, 3.05) is 0 Å². The van der Waals surface area contributed by atoms with Gasteiger partial charge in [0.15, 0.2) is 0 Å². The van der Waals surface area contributed by atoms with Gasteiger partial charge >= 0.3 is 0 Å². The lowest BCUT2D eigenvalue weighted by Gasteiger charge is -2.17. The van der Waals surface area contributed by atoms with Gasteiger partial charge in [-0.15, -0.1) is 0 Å². The van der Waals surface area contributed by atoms with Crippen LogP contribution >= 0.6 is 0 Å². The SMILES string of the molecule is Cc1ccc(F)c(C(NN)c2cncnc2)c1. The van der Waals surface area contributed by atoms with Gasteiger partial charge in [0.2, 0.25) is 0 Å². The van der Waals surface area contributed by atoms with Crippen molar-refractivity contribution in [1.29, 1.82) is 0 Å². The van der Waals surface area contributed by atoms with Crippen molar-refractivity contribution in [1.82, 2.24) is 15.4 Å². The van der Waals surface area contributed by atoms with Crippen LogP contribution in [0.5, 0.6) is 0 Å². The molecule has 0 aliphatic carbocycles. The minimum absolute atomic E-state index is 0.303. The topological polar surface area (TPSA) is 63.8 Å². The Morgan fingerprint density at radius 2 is 2.00 bits per heavy atom. The Morgan fingerprint density at radius 1 is 1.29 bits per heavy atom. The van der Waals surface area contributed by atoms with E-state index in [2.05, 4.69) is 15.4 Å². The number of nitrogens with zero attached hydrogens (tertiary/aromatic N) is 2. The Kier molecular flexibility index (Phi) is 3.41. The number of nitrogens with two attached hydrogens (primary N) is 1. The zero-order valence-electron chi connectivity index (χ0n) is 9.39. The molecule has 0 saturated carbocycles. The molecule has 3 N–H and O–H groups in total. The number of hydrogen-bond donors (Lipinski definition) is 2. The minimum atomic E-state index is -0.448. The van der Waals surface area contributed by atoms with Gasteiger partial charge in [0, 0.05) is 23.5 Å². The van der Waals surface area contributed by atoms with Crippen LogP contribution < -0.4 is 11.3 Å². The highest BCUT2D eigenvalue weighted by Crippen LogP contribution is 2.23. The van der Waals surface area contributed by atoms with Crippen LogP contribution in [0.4, 0.5) is 4.39 Å². The van der Waals surface area contributed by atoms with Crippen LogP contribution in [-0.4, -0.2) is 9.97 Å². The zero-order valence-corrected chi connectivity index (χ0v) is 9.39. The van der Waals surface area contributed by atoms with Crippen molar-refractivity contribution in [3.63, 3.8) is 0 Å². The van der Waals surface area contributed by atoms with Crippen molar-refractivity contribution in [3.8, 4) is 0 Å². The van der Waals surface area contributed by atoms with Gasteiger partial charge in [-0.25, -0.2) is 19.8 Å². The van der Waals surface area contributed by atoms with E-state index < -0.39 is 6.04 Å². The number of nitrogens with one attached hydrogen (secondary N) is 1. The fraction of sp³-hybridized carbons (Fsp3) is 0.167. The van der Waals surface area contributed by atoms with Crippen molar-refractivity contribution in [2.45, 2.75) is 13.0 Å². The summed E-state index contributed by atoms with van der Waals surface area (Å²) in [5.74, 6) is 5.18. The summed E-state index contributed by atoms with van der Waals surface area (Å²) in [6, 6.07) is 4.45. The van der Waals surface area contributed by atoms with Crippen LogP contribution in [0.2, 0.25) is 0 Å². The first-order valence-corrected chi connectivity index (χ1v) is 5.19. The average molecular weight is 232 g/mol. The minimum Gasteiger partial charge on any atom is -0.271 e. The van der Waals surface area contributed by atoms with Crippen LogP contribution in [0, 0.1) is 12.7 Å².